The van der Waals surface area contributed by atoms with Crippen LogP contribution in [-0.4, -0.2) is 200 Å². The molecule has 0 aromatic carbocycles. The molecule has 0 bridgehead atoms. The Kier molecular flexibility index (Phi) is 20.2. The van der Waals surface area contributed by atoms with Crippen LogP contribution in [0.2, 0.25) is 15.1 Å². The normalized spacial score (nSPS) is 19.1. The zero-order chi connectivity index (χ0) is 69.3. The number of H-pyrrole nitrogens is 3. The largest absolute Gasteiger partial charge is 0.405 e. The average Bonchev–Trinajstić information content (AvgIpc) is 1.41. The van der Waals surface area contributed by atoms with Crippen molar-refractivity contribution in [3.05, 3.63) is 107 Å². The van der Waals surface area contributed by atoms with E-state index in [1.807, 2.05) is 10.6 Å². The Morgan fingerprint density at radius 3 is 1.38 bits per heavy atom. The minimum atomic E-state index is -4.60. The lowest BCUT2D eigenvalue weighted by molar-refractivity contribution is -0.143. The quantitative estimate of drug-likeness (QED) is 0.0501. The van der Waals surface area contributed by atoms with Gasteiger partial charge in [-0.2, -0.15) is 39.5 Å². The maximum atomic E-state index is 14.6. The molecule has 0 unspecified atom stereocenters. The second-order valence-corrected chi connectivity index (χ2v) is 24.1. The molecule has 38 heteroatoms. The number of hydrogen-bond acceptors (Lipinski definition) is 18. The first kappa shape index (κ1) is 69.0. The van der Waals surface area contributed by atoms with E-state index in [0.29, 0.717) is 94.7 Å². The van der Waals surface area contributed by atoms with Gasteiger partial charge in [-0.3, -0.25) is 19.2 Å². The Morgan fingerprint density at radius 1 is 0.536 bits per heavy atom. The van der Waals surface area contributed by atoms with E-state index in [1.165, 1.54) is 42.0 Å². The molecule has 9 aromatic heterocycles. The zero-order valence-electron chi connectivity index (χ0n) is 50.0. The number of carbonyl (C=O) groups is 4. The molecular weight excluding hydrogens is 1370 g/mol. The van der Waals surface area contributed by atoms with E-state index in [1.54, 1.807) is 58.0 Å². The molecule has 4 amide bonds. The van der Waals surface area contributed by atoms with Gasteiger partial charge in [-0.15, -0.1) is 0 Å². The fourth-order valence-electron chi connectivity index (χ4n) is 11.4. The lowest BCUT2D eigenvalue weighted by Gasteiger charge is -2.43. The molecule has 518 valence electrons. The van der Waals surface area contributed by atoms with Crippen molar-refractivity contribution in [1.82, 2.24) is 80.7 Å². The number of pyridine rings is 3. The molecule has 1 saturated carbocycles. The van der Waals surface area contributed by atoms with Gasteiger partial charge in [0.1, 0.15) is 66.3 Å². The van der Waals surface area contributed by atoms with E-state index < -0.39 is 92.0 Å². The van der Waals surface area contributed by atoms with Crippen LogP contribution in [0, 0.1) is 11.7 Å². The average molecular weight is 1430 g/mol. The highest BCUT2D eigenvalue weighted by Gasteiger charge is 2.43. The van der Waals surface area contributed by atoms with Gasteiger partial charge in [0.2, 0.25) is 23.6 Å². The van der Waals surface area contributed by atoms with E-state index in [4.69, 9.17) is 34.8 Å². The third-order valence-corrected chi connectivity index (χ3v) is 16.7. The van der Waals surface area contributed by atoms with Gasteiger partial charge < -0.3 is 60.7 Å². The predicted molar refractivity (Wildman–Crippen MR) is 338 cm³/mol. The van der Waals surface area contributed by atoms with Crippen molar-refractivity contribution >= 4 is 109 Å². The first-order chi connectivity index (χ1) is 46.0. The van der Waals surface area contributed by atoms with Crippen LogP contribution in [0.3, 0.4) is 0 Å². The number of fused-ring (bicyclic) bond motifs is 3. The SMILES string of the molecule is O=C(NCC(F)(F)F)[C@@H]1CN(C(=O)C2CCC2)CCN1c1ccnc(-c2c[nH]c3ncc(Cl)cc23)n1.O=C(NCC(F)(F)F)[C@H]1C[C@H](O)CN1c1ccnc(-c2c[nH]c3ncc(Cl)cc23)n1.O=C(NCC(F)(F)F)[C@H]1C[C@H](O)CN1c1nc(-c2c[nH]c3ncc(Cl)cc23)ncc1F.[HH].[HH].[HH]. The minimum Gasteiger partial charge on any atom is -0.391 e. The molecule has 3 aliphatic heterocycles. The number of hydrogen-bond donors (Lipinski definition) is 8. The number of aliphatic hydroxyl groups excluding tert-OH is 2. The molecule has 13 rings (SSSR count). The highest BCUT2D eigenvalue weighted by molar-refractivity contribution is 6.32. The molecule has 97 heavy (non-hydrogen) atoms. The molecule has 1 aliphatic carbocycles. The highest BCUT2D eigenvalue weighted by Crippen LogP contribution is 2.36. The van der Waals surface area contributed by atoms with Gasteiger partial charge in [-0.05, 0) is 43.2 Å². The van der Waals surface area contributed by atoms with Crippen LogP contribution < -0.4 is 30.7 Å². The number of carbonyl (C=O) groups excluding carboxylic acids is 4. The number of aliphatic hydroxyl groups is 2. The number of alkyl halides is 9. The zero-order valence-corrected chi connectivity index (χ0v) is 52.3. The van der Waals surface area contributed by atoms with Crippen LogP contribution >= 0.6 is 34.8 Å². The van der Waals surface area contributed by atoms with E-state index in [9.17, 15) is 73.3 Å². The van der Waals surface area contributed by atoms with Gasteiger partial charge in [0.25, 0.3) is 0 Å². The molecule has 0 radical (unpaired) electrons. The number of aromatic amines is 3. The van der Waals surface area contributed by atoms with E-state index in [-0.39, 0.29) is 66.8 Å². The molecule has 8 N–H and O–H groups in total. The summed E-state index contributed by atoms with van der Waals surface area (Å²) in [5, 5.41) is 28.8. The Morgan fingerprint density at radius 2 is 0.948 bits per heavy atom. The standard InChI is InChI=1S/C23H23ClF3N7O2.C18H15ClF4N6O2.C18H16ClF3N6O2.3H2/c24-14-8-15-16(10-30-19(15)29-9-14)20-28-5-4-18(32-20)34-7-6-33(22(36)13-2-1-3-13)11-17(34)21(35)31-12-23(25,26)27;19-8-1-10-11(4-25-14(10)24-3-8)15-26-5-12(20)16(28-15)29-6-9(30)2-13(29)17(31)27-7-18(21,22)23;19-9-3-11-12(6-25-15(11)24-5-9)16-23-2-1-14(27-16)28-7-10(29)4-13(28)17(30)26-8-18(20,21)22;;;/h4-5,8-10,13,17H,1-3,6-7,11-12H2,(H,29,30)(H,31,35);1,3-5,9,13,30H,2,6-7H2,(H,24,25)(H,27,31);1-3,5-6,10,13,29H,4,7-8H2,(H,24,25)(H,26,30);3*1H/t17-;9-,13+;10-,13+;;;/m000.../s1. The summed E-state index contributed by atoms with van der Waals surface area (Å²) in [5.41, 5.74) is 3.40. The van der Waals surface area contributed by atoms with Gasteiger partial charge >= 0.3 is 18.5 Å². The minimum absolute atomic E-state index is 0. The molecule has 9 aromatic rings. The first-order valence-corrected chi connectivity index (χ1v) is 30.7. The van der Waals surface area contributed by atoms with Crippen LogP contribution in [0.25, 0.3) is 67.3 Å². The molecule has 3 saturated heterocycles. The first-order valence-electron chi connectivity index (χ1n) is 29.6. The lowest BCUT2D eigenvalue weighted by atomic mass is 9.84. The topological polar surface area (TPSA) is 321 Å². The predicted octanol–water partition coefficient (Wildman–Crippen LogP) is 8.63. The van der Waals surface area contributed by atoms with Crippen molar-refractivity contribution in [2.24, 2.45) is 5.92 Å². The fourth-order valence-corrected chi connectivity index (χ4v) is 11.9. The smallest absolute Gasteiger partial charge is 0.391 e. The highest BCUT2D eigenvalue weighted by atomic mass is 35.5. The van der Waals surface area contributed by atoms with E-state index in [2.05, 4.69) is 59.8 Å². The molecule has 4 fully saturated rings. The van der Waals surface area contributed by atoms with Crippen LogP contribution in [0.5, 0.6) is 0 Å². The number of nitrogens with zero attached hydrogens (tertiary/aromatic N) is 13. The van der Waals surface area contributed by atoms with Crippen molar-refractivity contribution in [3.63, 3.8) is 0 Å². The summed E-state index contributed by atoms with van der Waals surface area (Å²) in [4.78, 5) is 103. The summed E-state index contributed by atoms with van der Waals surface area (Å²) in [6.07, 6.45) is 0.0380. The summed E-state index contributed by atoms with van der Waals surface area (Å²) < 4.78 is 128. The molecule has 5 atom stereocenters. The third-order valence-electron chi connectivity index (χ3n) is 16.1. The van der Waals surface area contributed by atoms with Crippen LogP contribution in [0.15, 0.2) is 86.1 Å². The van der Waals surface area contributed by atoms with Crippen molar-refractivity contribution in [2.75, 3.05) is 67.1 Å². The van der Waals surface area contributed by atoms with Crippen LogP contribution in [0.4, 0.5) is 61.4 Å². The number of amides is 4. The van der Waals surface area contributed by atoms with Gasteiger partial charge in [-0.25, -0.2) is 49.2 Å². The van der Waals surface area contributed by atoms with Crippen molar-refractivity contribution in [2.45, 2.75) is 81.0 Å². The van der Waals surface area contributed by atoms with E-state index >= 15 is 0 Å². The number of piperazine rings is 1. The number of β-amino-alcohol motifs (C(OH)–C–C–N with tert-alkyl or cyclic N) is 2. The molecule has 25 nitrogen and oxygen atoms in total. The van der Waals surface area contributed by atoms with Crippen LogP contribution in [-0.2, 0) is 19.2 Å². The molecular formula is C59H60Cl3F10N19O6. The molecule has 0 spiro atoms. The summed E-state index contributed by atoms with van der Waals surface area (Å²) in [5.74, 6) is -2.54. The lowest BCUT2D eigenvalue weighted by Crippen LogP contribution is -2.62. The third kappa shape index (κ3) is 16.4. The summed E-state index contributed by atoms with van der Waals surface area (Å²) >= 11 is 18.1. The Hall–Kier alpha value is -9.32. The number of aromatic nitrogens is 12. The van der Waals surface area contributed by atoms with Crippen molar-refractivity contribution in [3.8, 4) is 34.2 Å². The Bertz CT molecular complexity index is 4410. The number of rotatable bonds is 13. The Labute approximate surface area is 560 Å². The summed E-state index contributed by atoms with van der Waals surface area (Å²) in [7, 11) is 0. The maximum absolute atomic E-state index is 14.6. The van der Waals surface area contributed by atoms with Gasteiger partial charge in [0.15, 0.2) is 29.1 Å². The number of halogens is 13. The van der Waals surface area contributed by atoms with Gasteiger partial charge in [-0.1, -0.05) is 41.2 Å². The second-order valence-electron chi connectivity index (χ2n) is 22.8. The van der Waals surface area contributed by atoms with Crippen molar-refractivity contribution < 1.29 is 77.6 Å². The number of anilines is 3. The monoisotopic (exact) mass is 1430 g/mol. The van der Waals surface area contributed by atoms with E-state index in [0.717, 1.165) is 30.4 Å². The number of nitrogens with one attached hydrogen (secondary N) is 6. The van der Waals surface area contributed by atoms with Crippen LogP contribution in [0.1, 0.15) is 36.4 Å². The Balaban J connectivity index is 0.000000189. The maximum Gasteiger partial charge on any atom is 0.405 e. The molecule has 4 aliphatic rings. The summed E-state index contributed by atoms with van der Waals surface area (Å²) in [6, 6.07) is 4.94. The van der Waals surface area contributed by atoms with Gasteiger partial charge in [0.05, 0.1) is 40.0 Å². The van der Waals surface area contributed by atoms with Gasteiger partial charge in [0, 0.05) is 132 Å². The molecule has 12 heterocycles. The fraction of sp³-hybridized carbons (Fsp3) is 0.373. The second kappa shape index (κ2) is 28.4. The van der Waals surface area contributed by atoms with Crippen molar-refractivity contribution in [1.29, 1.82) is 0 Å². The summed E-state index contributed by atoms with van der Waals surface area (Å²) in [6.45, 7) is -4.00.